The van der Waals surface area contributed by atoms with Crippen LogP contribution in [0.2, 0.25) is 0 Å². The second kappa shape index (κ2) is 6.42. The van der Waals surface area contributed by atoms with E-state index in [0.717, 1.165) is 37.4 Å². The lowest BCUT2D eigenvalue weighted by Gasteiger charge is -2.33. The minimum atomic E-state index is -3.21. The maximum Gasteiger partial charge on any atom is 0.208 e. The topological polar surface area (TPSA) is 85.0 Å². The second-order valence-corrected chi connectivity index (χ2v) is 7.75. The number of fused-ring (bicyclic) bond motifs is 1. The number of aryl methyl sites for hydroxylation is 1. The van der Waals surface area contributed by atoms with Crippen molar-refractivity contribution in [2.24, 2.45) is 0 Å². The molecule has 2 aromatic heterocycles. The lowest BCUT2D eigenvalue weighted by molar-refractivity contribution is 0.168. The van der Waals surface area contributed by atoms with Gasteiger partial charge in [-0.25, -0.2) is 13.1 Å². The van der Waals surface area contributed by atoms with Gasteiger partial charge in [0.1, 0.15) is 0 Å². The van der Waals surface area contributed by atoms with E-state index in [1.54, 1.807) is 6.20 Å². The third-order valence-corrected chi connectivity index (χ3v) is 4.64. The van der Waals surface area contributed by atoms with E-state index >= 15 is 0 Å². The van der Waals surface area contributed by atoms with Gasteiger partial charge in [0.15, 0.2) is 0 Å². The fourth-order valence-electron chi connectivity index (χ4n) is 2.90. The minimum Gasteiger partial charge on any atom is -0.291 e. The quantitative estimate of drug-likeness (QED) is 0.814. The van der Waals surface area contributed by atoms with Crippen molar-refractivity contribution >= 4 is 10.0 Å². The Bertz CT molecular complexity index is 766. The summed E-state index contributed by atoms with van der Waals surface area (Å²) in [5, 5.41) is 8.64. The minimum absolute atomic E-state index is 0.00954. The molecule has 0 saturated heterocycles. The smallest absolute Gasteiger partial charge is 0.208 e. The van der Waals surface area contributed by atoms with Crippen molar-refractivity contribution < 1.29 is 8.42 Å². The van der Waals surface area contributed by atoms with Gasteiger partial charge in [0, 0.05) is 50.7 Å². The molecular formula is C14H22N6O2S. The van der Waals surface area contributed by atoms with E-state index < -0.39 is 10.0 Å². The molecule has 0 fully saturated rings. The highest BCUT2D eigenvalue weighted by Gasteiger charge is 2.26. The van der Waals surface area contributed by atoms with E-state index in [1.807, 2.05) is 21.6 Å². The van der Waals surface area contributed by atoms with E-state index in [9.17, 15) is 8.42 Å². The summed E-state index contributed by atoms with van der Waals surface area (Å²) in [6, 6.07) is 1.97. The Morgan fingerprint density at radius 3 is 2.91 bits per heavy atom. The molecular weight excluding hydrogens is 316 g/mol. The van der Waals surface area contributed by atoms with Crippen molar-refractivity contribution in [2.75, 3.05) is 19.3 Å². The molecule has 1 N–H and O–H groups in total. The number of aromatic nitrogens is 4. The van der Waals surface area contributed by atoms with Crippen LogP contribution >= 0.6 is 0 Å². The highest BCUT2D eigenvalue weighted by Crippen LogP contribution is 2.21. The van der Waals surface area contributed by atoms with Crippen LogP contribution in [0.3, 0.4) is 0 Å². The fourth-order valence-corrected chi connectivity index (χ4v) is 3.40. The highest BCUT2D eigenvalue weighted by molar-refractivity contribution is 7.88. The predicted molar refractivity (Wildman–Crippen MR) is 86.1 cm³/mol. The molecule has 3 rings (SSSR count). The van der Waals surface area contributed by atoms with Crippen molar-refractivity contribution in [2.45, 2.75) is 32.6 Å². The molecule has 0 aromatic carbocycles. The summed E-state index contributed by atoms with van der Waals surface area (Å²) in [4.78, 5) is 2.29. The normalized spacial score (nSPS) is 19.0. The Balaban J connectivity index is 1.72. The zero-order chi connectivity index (χ0) is 16.4. The van der Waals surface area contributed by atoms with Gasteiger partial charge in [0.05, 0.1) is 24.2 Å². The average molecular weight is 338 g/mol. The molecule has 0 amide bonds. The molecule has 0 bridgehead atoms. The molecule has 8 nitrogen and oxygen atoms in total. The summed E-state index contributed by atoms with van der Waals surface area (Å²) < 4.78 is 29.2. The van der Waals surface area contributed by atoms with Gasteiger partial charge in [-0.1, -0.05) is 0 Å². The Kier molecular flexibility index (Phi) is 4.51. The van der Waals surface area contributed by atoms with E-state index in [-0.39, 0.29) is 6.04 Å². The molecule has 0 aliphatic carbocycles. The van der Waals surface area contributed by atoms with Gasteiger partial charge in [-0.2, -0.15) is 10.2 Å². The highest BCUT2D eigenvalue weighted by atomic mass is 32.2. The number of sulfonamides is 1. The second-order valence-electron chi connectivity index (χ2n) is 5.92. The summed E-state index contributed by atoms with van der Waals surface area (Å²) in [5.41, 5.74) is 2.26. The molecule has 23 heavy (non-hydrogen) atoms. The van der Waals surface area contributed by atoms with Crippen molar-refractivity contribution in [3.8, 4) is 0 Å². The largest absolute Gasteiger partial charge is 0.291 e. The van der Waals surface area contributed by atoms with Gasteiger partial charge < -0.3 is 0 Å². The van der Waals surface area contributed by atoms with Gasteiger partial charge in [0.25, 0.3) is 0 Å². The van der Waals surface area contributed by atoms with Gasteiger partial charge >= 0.3 is 0 Å². The number of nitrogens with one attached hydrogen (secondary N) is 1. The van der Waals surface area contributed by atoms with Crippen LogP contribution in [0.1, 0.15) is 24.2 Å². The molecule has 1 atom stereocenters. The van der Waals surface area contributed by atoms with Crippen LogP contribution in [0.15, 0.2) is 24.7 Å². The van der Waals surface area contributed by atoms with Crippen molar-refractivity contribution in [3.05, 3.63) is 35.9 Å². The molecule has 126 valence electrons. The zero-order valence-corrected chi connectivity index (χ0v) is 14.2. The number of hydrogen-bond acceptors (Lipinski definition) is 5. The van der Waals surface area contributed by atoms with Gasteiger partial charge in [0.2, 0.25) is 10.0 Å². The maximum atomic E-state index is 11.4. The van der Waals surface area contributed by atoms with Crippen LogP contribution in [-0.4, -0.2) is 52.2 Å². The summed E-state index contributed by atoms with van der Waals surface area (Å²) in [7, 11) is -3.21. The summed E-state index contributed by atoms with van der Waals surface area (Å²) in [5.74, 6) is 0. The monoisotopic (exact) mass is 338 g/mol. The SMILES string of the molecule is CCn1cc(CN2Cc3ccnn3C(CNS(C)(=O)=O)C2)cn1. The maximum absolute atomic E-state index is 11.4. The van der Waals surface area contributed by atoms with Crippen LogP contribution in [0.5, 0.6) is 0 Å². The van der Waals surface area contributed by atoms with Crippen LogP contribution in [-0.2, 0) is 29.7 Å². The third kappa shape index (κ3) is 3.98. The lowest BCUT2D eigenvalue weighted by Crippen LogP contribution is -2.42. The Morgan fingerprint density at radius 2 is 2.22 bits per heavy atom. The molecule has 0 spiro atoms. The van der Waals surface area contributed by atoms with Crippen LogP contribution in [0.4, 0.5) is 0 Å². The molecule has 1 aliphatic heterocycles. The fraction of sp³-hybridized carbons (Fsp3) is 0.571. The number of hydrogen-bond donors (Lipinski definition) is 1. The molecule has 1 aliphatic rings. The first-order chi connectivity index (χ1) is 10.9. The molecule has 2 aromatic rings. The zero-order valence-electron chi connectivity index (χ0n) is 13.4. The predicted octanol–water partition coefficient (Wildman–Crippen LogP) is 0.206. The van der Waals surface area contributed by atoms with Crippen LogP contribution in [0.25, 0.3) is 0 Å². The Labute approximate surface area is 136 Å². The van der Waals surface area contributed by atoms with E-state index in [1.165, 1.54) is 6.26 Å². The lowest BCUT2D eigenvalue weighted by atomic mass is 10.1. The van der Waals surface area contributed by atoms with Crippen molar-refractivity contribution in [1.29, 1.82) is 0 Å². The summed E-state index contributed by atoms with van der Waals surface area (Å²) in [6.45, 7) is 5.59. The van der Waals surface area contributed by atoms with E-state index in [4.69, 9.17) is 0 Å². The summed E-state index contributed by atoms with van der Waals surface area (Å²) >= 11 is 0. The van der Waals surface area contributed by atoms with Gasteiger partial charge in [-0.05, 0) is 13.0 Å². The molecule has 9 heteroatoms. The summed E-state index contributed by atoms with van der Waals surface area (Å²) in [6.07, 6.45) is 6.88. The molecule has 0 saturated carbocycles. The first-order valence-corrected chi connectivity index (χ1v) is 9.54. The Hall–Kier alpha value is -1.71. The number of nitrogens with zero attached hydrogens (tertiary/aromatic N) is 5. The van der Waals surface area contributed by atoms with Crippen molar-refractivity contribution in [1.82, 2.24) is 29.2 Å². The molecule has 1 unspecified atom stereocenters. The van der Waals surface area contributed by atoms with E-state index in [2.05, 4.69) is 32.9 Å². The van der Waals surface area contributed by atoms with Crippen molar-refractivity contribution in [3.63, 3.8) is 0 Å². The van der Waals surface area contributed by atoms with Crippen LogP contribution in [0, 0.1) is 0 Å². The first kappa shape index (κ1) is 16.2. The Morgan fingerprint density at radius 1 is 1.39 bits per heavy atom. The van der Waals surface area contributed by atoms with Crippen LogP contribution < -0.4 is 4.72 Å². The average Bonchev–Trinajstić information content (AvgIpc) is 3.12. The van der Waals surface area contributed by atoms with Gasteiger partial charge in [-0.3, -0.25) is 14.3 Å². The van der Waals surface area contributed by atoms with E-state index in [0.29, 0.717) is 6.54 Å². The standard InChI is InChI=1S/C14H22N6O2S/c1-3-19-9-12(6-16-19)8-18-10-13-4-5-15-20(13)14(11-18)7-17-23(2,21)22/h4-6,9,14,17H,3,7-8,10-11H2,1-2H3. The van der Waals surface area contributed by atoms with Gasteiger partial charge in [-0.15, -0.1) is 0 Å². The molecule has 0 radical (unpaired) electrons. The third-order valence-electron chi connectivity index (χ3n) is 3.95. The number of rotatable bonds is 6. The molecule has 3 heterocycles. The first-order valence-electron chi connectivity index (χ1n) is 7.65.